The van der Waals surface area contributed by atoms with Gasteiger partial charge in [-0.15, -0.1) is 0 Å². The summed E-state index contributed by atoms with van der Waals surface area (Å²) in [5.41, 5.74) is 4.27. The van der Waals surface area contributed by atoms with Crippen molar-refractivity contribution in [3.8, 4) is 0 Å². The van der Waals surface area contributed by atoms with Crippen LogP contribution in [0.1, 0.15) is 5.56 Å². The lowest BCUT2D eigenvalue weighted by Crippen LogP contribution is -2.15. The van der Waals surface area contributed by atoms with Gasteiger partial charge in [0.05, 0.1) is 12.9 Å². The van der Waals surface area contributed by atoms with Crippen LogP contribution in [-0.4, -0.2) is 39.8 Å². The van der Waals surface area contributed by atoms with Crippen molar-refractivity contribution < 1.29 is 4.74 Å². The minimum atomic E-state index is 0.636. The van der Waals surface area contributed by atoms with E-state index in [4.69, 9.17) is 4.74 Å². The number of fused-ring (bicyclic) bond motifs is 2. The Bertz CT molecular complexity index is 813. The van der Waals surface area contributed by atoms with Gasteiger partial charge in [0.2, 0.25) is 0 Å². The summed E-state index contributed by atoms with van der Waals surface area (Å²) in [6.07, 6.45) is 4.46. The second kappa shape index (κ2) is 5.38. The van der Waals surface area contributed by atoms with E-state index in [2.05, 4.69) is 44.1 Å². The lowest BCUT2D eigenvalue weighted by Gasteiger charge is -2.18. The molecule has 0 bridgehead atoms. The van der Waals surface area contributed by atoms with Crippen LogP contribution in [0.5, 0.6) is 0 Å². The molecule has 0 radical (unpaired) electrons. The highest BCUT2D eigenvalue weighted by Crippen LogP contribution is 2.35. The zero-order chi connectivity index (χ0) is 14.9. The van der Waals surface area contributed by atoms with Crippen molar-refractivity contribution >= 4 is 22.7 Å². The predicted molar refractivity (Wildman–Crippen MR) is 84.4 cm³/mol. The van der Waals surface area contributed by atoms with Gasteiger partial charge >= 0.3 is 0 Å². The number of imidazole rings is 1. The highest BCUT2D eigenvalue weighted by Gasteiger charge is 2.24. The number of para-hydroxylation sites is 1. The minimum absolute atomic E-state index is 0.636. The van der Waals surface area contributed by atoms with E-state index in [0.717, 1.165) is 36.5 Å². The molecule has 0 unspecified atom stereocenters. The van der Waals surface area contributed by atoms with Crippen molar-refractivity contribution in [3.05, 3.63) is 42.5 Å². The van der Waals surface area contributed by atoms with Gasteiger partial charge in [0.25, 0.3) is 0 Å². The first-order valence-corrected chi connectivity index (χ1v) is 7.38. The van der Waals surface area contributed by atoms with E-state index in [9.17, 15) is 0 Å². The van der Waals surface area contributed by atoms with Gasteiger partial charge in [-0.2, -0.15) is 0 Å². The third kappa shape index (κ3) is 2.03. The van der Waals surface area contributed by atoms with E-state index in [1.54, 1.807) is 13.4 Å². The Kier molecular flexibility index (Phi) is 3.23. The molecule has 22 heavy (non-hydrogen) atoms. The van der Waals surface area contributed by atoms with Gasteiger partial charge in [-0.1, -0.05) is 18.2 Å². The molecular formula is C16H17N5O. The molecule has 0 spiro atoms. The van der Waals surface area contributed by atoms with Crippen molar-refractivity contribution in [2.45, 2.75) is 13.0 Å². The molecule has 6 heteroatoms. The van der Waals surface area contributed by atoms with Crippen molar-refractivity contribution in [3.63, 3.8) is 0 Å². The van der Waals surface area contributed by atoms with E-state index < -0.39 is 0 Å². The quantitative estimate of drug-likeness (QED) is 0.738. The maximum absolute atomic E-state index is 5.14. The first kappa shape index (κ1) is 13.2. The first-order valence-electron chi connectivity index (χ1n) is 7.38. The molecule has 0 N–H and O–H groups in total. The second-order valence-corrected chi connectivity index (χ2v) is 5.33. The van der Waals surface area contributed by atoms with Crippen LogP contribution in [0.25, 0.3) is 11.2 Å². The van der Waals surface area contributed by atoms with E-state index in [-0.39, 0.29) is 0 Å². The maximum atomic E-state index is 5.14. The Morgan fingerprint density at radius 2 is 2.09 bits per heavy atom. The number of hydrogen-bond acceptors (Lipinski definition) is 5. The molecular weight excluding hydrogens is 278 g/mol. The van der Waals surface area contributed by atoms with Gasteiger partial charge in [-0.05, 0) is 18.1 Å². The summed E-state index contributed by atoms with van der Waals surface area (Å²) in [5.74, 6) is 0.881. The predicted octanol–water partition coefficient (Wildman–Crippen LogP) is 2.17. The van der Waals surface area contributed by atoms with Crippen LogP contribution in [0.2, 0.25) is 0 Å². The van der Waals surface area contributed by atoms with Crippen LogP contribution in [0.4, 0.5) is 11.5 Å². The molecule has 4 rings (SSSR count). The second-order valence-electron chi connectivity index (χ2n) is 5.33. The standard InChI is InChI=1S/C16H17N5O/c1-22-9-8-20-11-19-14-15(20)17-10-18-16(14)21-7-6-12-4-2-3-5-13(12)21/h2-5,10-11H,6-9H2,1H3. The van der Waals surface area contributed by atoms with Crippen LogP contribution in [0.15, 0.2) is 36.9 Å². The van der Waals surface area contributed by atoms with E-state index in [0.29, 0.717) is 6.61 Å². The number of anilines is 2. The topological polar surface area (TPSA) is 56.1 Å². The summed E-state index contributed by atoms with van der Waals surface area (Å²) >= 11 is 0. The van der Waals surface area contributed by atoms with Gasteiger partial charge in [0.1, 0.15) is 6.33 Å². The molecule has 3 aromatic rings. The Labute approximate surface area is 128 Å². The number of nitrogens with zero attached hydrogens (tertiary/aromatic N) is 5. The highest BCUT2D eigenvalue weighted by molar-refractivity contribution is 5.87. The minimum Gasteiger partial charge on any atom is -0.383 e. The van der Waals surface area contributed by atoms with Crippen LogP contribution in [-0.2, 0) is 17.7 Å². The summed E-state index contributed by atoms with van der Waals surface area (Å²) < 4.78 is 7.14. The summed E-state index contributed by atoms with van der Waals surface area (Å²) in [6, 6.07) is 8.45. The normalized spacial score (nSPS) is 13.8. The monoisotopic (exact) mass is 295 g/mol. The van der Waals surface area contributed by atoms with Gasteiger partial charge in [0.15, 0.2) is 17.0 Å². The fourth-order valence-electron chi connectivity index (χ4n) is 2.98. The number of hydrogen-bond donors (Lipinski definition) is 0. The van der Waals surface area contributed by atoms with Crippen LogP contribution in [0, 0.1) is 0 Å². The molecule has 6 nitrogen and oxygen atoms in total. The number of aromatic nitrogens is 4. The van der Waals surface area contributed by atoms with Crippen molar-refractivity contribution in [2.24, 2.45) is 0 Å². The smallest absolute Gasteiger partial charge is 0.165 e. The van der Waals surface area contributed by atoms with Gasteiger partial charge in [0, 0.05) is 25.9 Å². The maximum Gasteiger partial charge on any atom is 0.165 e. The van der Waals surface area contributed by atoms with Crippen molar-refractivity contribution in [2.75, 3.05) is 25.2 Å². The number of benzene rings is 1. The molecule has 0 saturated heterocycles. The fourth-order valence-corrected chi connectivity index (χ4v) is 2.98. The van der Waals surface area contributed by atoms with Crippen LogP contribution >= 0.6 is 0 Å². The molecule has 0 amide bonds. The number of rotatable bonds is 4. The Hall–Kier alpha value is -2.47. The summed E-state index contributed by atoms with van der Waals surface area (Å²) in [7, 11) is 1.70. The Balaban J connectivity index is 1.79. The average molecular weight is 295 g/mol. The molecule has 1 aliphatic rings. The Morgan fingerprint density at radius 3 is 3.00 bits per heavy atom. The van der Waals surface area contributed by atoms with Crippen LogP contribution in [0.3, 0.4) is 0 Å². The van der Waals surface area contributed by atoms with E-state index in [1.807, 2.05) is 10.9 Å². The van der Waals surface area contributed by atoms with Crippen LogP contribution < -0.4 is 4.90 Å². The molecule has 3 heterocycles. The first-order chi connectivity index (χ1) is 10.9. The molecule has 0 atom stereocenters. The Morgan fingerprint density at radius 1 is 1.18 bits per heavy atom. The average Bonchev–Trinajstić information content (AvgIpc) is 3.17. The SMILES string of the molecule is COCCn1cnc2c(N3CCc4ccccc43)ncnc21. The van der Waals surface area contributed by atoms with E-state index >= 15 is 0 Å². The summed E-state index contributed by atoms with van der Waals surface area (Å²) in [4.78, 5) is 15.6. The molecule has 0 aliphatic carbocycles. The van der Waals surface area contributed by atoms with E-state index in [1.165, 1.54) is 11.3 Å². The van der Waals surface area contributed by atoms with Gasteiger partial charge in [-0.3, -0.25) is 0 Å². The lowest BCUT2D eigenvalue weighted by molar-refractivity contribution is 0.188. The highest BCUT2D eigenvalue weighted by atomic mass is 16.5. The third-order valence-corrected chi connectivity index (χ3v) is 4.06. The molecule has 0 saturated carbocycles. The molecule has 2 aromatic heterocycles. The molecule has 112 valence electrons. The van der Waals surface area contributed by atoms with Gasteiger partial charge < -0.3 is 14.2 Å². The lowest BCUT2D eigenvalue weighted by atomic mass is 10.2. The largest absolute Gasteiger partial charge is 0.383 e. The fraction of sp³-hybridized carbons (Fsp3) is 0.312. The van der Waals surface area contributed by atoms with Crippen molar-refractivity contribution in [1.82, 2.24) is 19.5 Å². The zero-order valence-corrected chi connectivity index (χ0v) is 12.4. The molecule has 1 aromatic carbocycles. The van der Waals surface area contributed by atoms with Gasteiger partial charge in [-0.25, -0.2) is 15.0 Å². The summed E-state index contributed by atoms with van der Waals surface area (Å²) in [5, 5.41) is 0. The molecule has 1 aliphatic heterocycles. The third-order valence-electron chi connectivity index (χ3n) is 4.06. The zero-order valence-electron chi connectivity index (χ0n) is 12.4. The summed E-state index contributed by atoms with van der Waals surface area (Å²) in [6.45, 7) is 2.30. The molecule has 0 fully saturated rings. The van der Waals surface area contributed by atoms with Crippen molar-refractivity contribution in [1.29, 1.82) is 0 Å². The number of methoxy groups -OCH3 is 1. The number of ether oxygens (including phenoxy) is 1.